The Morgan fingerprint density at radius 2 is 1.40 bits per heavy atom. The summed E-state index contributed by atoms with van der Waals surface area (Å²) in [7, 11) is -7.19. The molecule has 0 unspecified atom stereocenters. The predicted molar refractivity (Wildman–Crippen MR) is 96.7 cm³/mol. The number of sulfone groups is 2. The van der Waals surface area contributed by atoms with Crippen LogP contribution < -0.4 is 4.74 Å². The van der Waals surface area contributed by atoms with Crippen LogP contribution in [0.2, 0.25) is 0 Å². The Bertz CT molecular complexity index is 1160. The topological polar surface area (TPSA) is 77.5 Å². The van der Waals surface area contributed by atoms with Crippen LogP contribution in [0, 0.1) is 0 Å². The van der Waals surface area contributed by atoms with Gasteiger partial charge in [-0.2, -0.15) is 0 Å². The predicted octanol–water partition coefficient (Wildman–Crippen LogP) is 3.44. The molecule has 0 saturated heterocycles. The highest BCUT2D eigenvalue weighted by molar-refractivity contribution is 7.91. The molecule has 0 aliphatic heterocycles. The lowest BCUT2D eigenvalue weighted by Crippen LogP contribution is -2.04. The fourth-order valence-corrected chi connectivity index (χ4v) is 3.99. The molecule has 7 heteroatoms. The largest absolute Gasteiger partial charge is 0.456 e. The van der Waals surface area contributed by atoms with Crippen LogP contribution >= 0.6 is 0 Å². The van der Waals surface area contributed by atoms with Gasteiger partial charge in [0.2, 0.25) is 0 Å². The Morgan fingerprint density at radius 3 is 2.04 bits per heavy atom. The zero-order valence-electron chi connectivity index (χ0n) is 13.6. The molecule has 3 aromatic carbocycles. The molecule has 0 spiro atoms. The Labute approximate surface area is 146 Å². The molecule has 0 saturated carbocycles. The lowest BCUT2D eigenvalue weighted by Gasteiger charge is -2.12. The summed E-state index contributed by atoms with van der Waals surface area (Å²) >= 11 is 0. The maximum Gasteiger partial charge on any atom is 0.179 e. The Morgan fingerprint density at radius 1 is 0.720 bits per heavy atom. The van der Waals surface area contributed by atoms with Gasteiger partial charge in [-0.15, -0.1) is 0 Å². The summed E-state index contributed by atoms with van der Waals surface area (Å²) in [6.45, 7) is 0. The van der Waals surface area contributed by atoms with Crippen LogP contribution in [-0.4, -0.2) is 29.3 Å². The molecule has 130 valence electrons. The van der Waals surface area contributed by atoms with Gasteiger partial charge in [0, 0.05) is 12.5 Å². The maximum atomic E-state index is 12.1. The molecule has 0 fully saturated rings. The highest BCUT2D eigenvalue weighted by Gasteiger charge is 2.19. The normalized spacial score (nSPS) is 12.2. The molecular formula is C18H16O5S2. The minimum absolute atomic E-state index is 0.0706. The van der Waals surface area contributed by atoms with Crippen molar-refractivity contribution in [1.29, 1.82) is 0 Å². The number of ether oxygens (including phenoxy) is 1. The van der Waals surface area contributed by atoms with Gasteiger partial charge in [0.25, 0.3) is 0 Å². The van der Waals surface area contributed by atoms with Gasteiger partial charge in [-0.3, -0.25) is 0 Å². The molecule has 3 rings (SSSR count). The average Bonchev–Trinajstić information content (AvgIpc) is 2.53. The van der Waals surface area contributed by atoms with E-state index in [0.717, 1.165) is 29.4 Å². The number of fused-ring (bicyclic) bond motifs is 1. The van der Waals surface area contributed by atoms with Crippen LogP contribution in [0.5, 0.6) is 11.5 Å². The first kappa shape index (κ1) is 17.4. The van der Waals surface area contributed by atoms with Gasteiger partial charge in [0.15, 0.2) is 19.7 Å². The van der Waals surface area contributed by atoms with Crippen LogP contribution in [-0.2, 0) is 19.7 Å². The zero-order valence-corrected chi connectivity index (χ0v) is 15.3. The second kappa shape index (κ2) is 6.16. The molecular weight excluding hydrogens is 360 g/mol. The second-order valence-corrected chi connectivity index (χ2v) is 9.76. The van der Waals surface area contributed by atoms with Gasteiger partial charge in [-0.1, -0.05) is 30.3 Å². The van der Waals surface area contributed by atoms with Crippen molar-refractivity contribution < 1.29 is 21.6 Å². The van der Waals surface area contributed by atoms with Crippen LogP contribution in [0.25, 0.3) is 10.8 Å². The van der Waals surface area contributed by atoms with Gasteiger partial charge in [-0.05, 0) is 41.1 Å². The van der Waals surface area contributed by atoms with Gasteiger partial charge in [0.05, 0.1) is 4.90 Å². The molecule has 0 aromatic heterocycles. The van der Waals surface area contributed by atoms with E-state index in [9.17, 15) is 16.8 Å². The lowest BCUT2D eigenvalue weighted by molar-refractivity contribution is 0.467. The van der Waals surface area contributed by atoms with Crippen molar-refractivity contribution in [3.05, 3.63) is 60.7 Å². The molecule has 0 bridgehead atoms. The smallest absolute Gasteiger partial charge is 0.179 e. The van der Waals surface area contributed by atoms with E-state index in [1.165, 1.54) is 12.1 Å². The van der Waals surface area contributed by atoms with E-state index in [2.05, 4.69) is 0 Å². The Hall–Kier alpha value is -2.38. The van der Waals surface area contributed by atoms with Crippen molar-refractivity contribution in [2.24, 2.45) is 0 Å². The summed E-state index contributed by atoms with van der Waals surface area (Å²) in [5, 5.41) is 1.99. The molecule has 25 heavy (non-hydrogen) atoms. The molecule has 0 radical (unpaired) electrons. The molecule has 0 aliphatic rings. The Kier molecular flexibility index (Phi) is 4.30. The van der Waals surface area contributed by atoms with Crippen molar-refractivity contribution in [2.75, 3.05) is 12.5 Å². The van der Waals surface area contributed by atoms with Gasteiger partial charge >= 0.3 is 0 Å². The fraction of sp³-hybridized carbons (Fsp3) is 0.111. The minimum Gasteiger partial charge on any atom is -0.456 e. The van der Waals surface area contributed by atoms with E-state index in [4.69, 9.17) is 4.74 Å². The molecule has 0 atom stereocenters. The van der Waals surface area contributed by atoms with Crippen molar-refractivity contribution in [2.45, 2.75) is 9.79 Å². The van der Waals surface area contributed by atoms with E-state index in [0.29, 0.717) is 5.75 Å². The van der Waals surface area contributed by atoms with Gasteiger partial charge in [0.1, 0.15) is 16.4 Å². The van der Waals surface area contributed by atoms with Crippen molar-refractivity contribution in [3.63, 3.8) is 0 Å². The van der Waals surface area contributed by atoms with Gasteiger partial charge < -0.3 is 4.74 Å². The molecule has 0 amide bonds. The Balaban J connectivity index is 2.09. The van der Waals surface area contributed by atoms with E-state index in [1.54, 1.807) is 12.1 Å². The first-order valence-corrected chi connectivity index (χ1v) is 11.1. The van der Waals surface area contributed by atoms with Crippen molar-refractivity contribution in [3.8, 4) is 11.5 Å². The molecule has 0 aliphatic carbocycles. The zero-order chi connectivity index (χ0) is 18.2. The average molecular weight is 376 g/mol. The molecule has 3 aromatic rings. The van der Waals surface area contributed by atoms with Crippen LogP contribution in [0.15, 0.2) is 70.5 Å². The van der Waals surface area contributed by atoms with E-state index in [-0.39, 0.29) is 15.5 Å². The first-order chi connectivity index (χ1) is 11.6. The van der Waals surface area contributed by atoms with Crippen molar-refractivity contribution >= 4 is 30.4 Å². The fourth-order valence-electron chi connectivity index (χ4n) is 2.45. The number of hydrogen-bond donors (Lipinski definition) is 0. The summed E-state index contributed by atoms with van der Waals surface area (Å²) in [6, 6.07) is 16.9. The maximum absolute atomic E-state index is 12.1. The summed E-state index contributed by atoms with van der Waals surface area (Å²) in [4.78, 5) is -0.234. The molecule has 5 nitrogen and oxygen atoms in total. The first-order valence-electron chi connectivity index (χ1n) is 7.35. The quantitative estimate of drug-likeness (QED) is 0.697. The number of benzene rings is 3. The summed E-state index contributed by atoms with van der Waals surface area (Å²) in [6.07, 6.45) is 2.04. The third kappa shape index (κ3) is 3.83. The lowest BCUT2D eigenvalue weighted by atomic mass is 10.1. The van der Waals surface area contributed by atoms with Crippen LogP contribution in [0.4, 0.5) is 0 Å². The van der Waals surface area contributed by atoms with Gasteiger partial charge in [-0.25, -0.2) is 16.8 Å². The summed E-state index contributed by atoms with van der Waals surface area (Å²) in [5.74, 6) is 0.556. The van der Waals surface area contributed by atoms with E-state index in [1.807, 2.05) is 30.3 Å². The summed E-state index contributed by atoms with van der Waals surface area (Å²) < 4.78 is 53.2. The third-order valence-corrected chi connectivity index (χ3v) is 5.92. The third-order valence-electron chi connectivity index (χ3n) is 3.69. The van der Waals surface area contributed by atoms with E-state index < -0.39 is 19.7 Å². The second-order valence-electron chi connectivity index (χ2n) is 5.76. The number of rotatable bonds is 4. The molecule has 0 heterocycles. The SMILES string of the molecule is CS(=O)(=O)c1ccc(Oc2ccc3ccccc3c2)c(S(C)(=O)=O)c1. The highest BCUT2D eigenvalue weighted by Crippen LogP contribution is 2.32. The monoisotopic (exact) mass is 376 g/mol. The van der Waals surface area contributed by atoms with E-state index >= 15 is 0 Å². The number of hydrogen-bond acceptors (Lipinski definition) is 5. The van der Waals surface area contributed by atoms with Crippen LogP contribution in [0.3, 0.4) is 0 Å². The minimum atomic E-state index is -3.67. The standard InChI is InChI=1S/C18H16O5S2/c1-24(19,20)16-9-10-17(18(12-16)25(2,21)22)23-15-8-7-13-5-3-4-6-14(13)11-15/h3-12H,1-2H3. The van der Waals surface area contributed by atoms with Crippen LogP contribution in [0.1, 0.15) is 0 Å². The highest BCUT2D eigenvalue weighted by atomic mass is 32.2. The van der Waals surface area contributed by atoms with Crippen molar-refractivity contribution in [1.82, 2.24) is 0 Å². The summed E-state index contributed by atoms with van der Waals surface area (Å²) in [5.41, 5.74) is 0. The molecule has 0 N–H and O–H groups in total.